The molecule has 2 aromatic rings. The molecule has 0 bridgehead atoms. The quantitative estimate of drug-likeness (QED) is 0.836. The number of piperazine rings is 1. The van der Waals surface area contributed by atoms with Crippen molar-refractivity contribution in [3.8, 4) is 5.75 Å². The molecular weight excluding hydrogens is 352 g/mol. The number of likely N-dealkylation sites (N-methyl/N-ethyl adjacent to an activating group) is 1. The van der Waals surface area contributed by atoms with E-state index in [9.17, 15) is 4.79 Å². The van der Waals surface area contributed by atoms with Crippen LogP contribution in [0, 0.1) is 0 Å². The molecule has 2 aromatic carbocycles. The molecule has 0 spiro atoms. The van der Waals surface area contributed by atoms with Gasteiger partial charge in [-0.25, -0.2) is 4.79 Å². The first kappa shape index (κ1) is 18.8. The number of rotatable bonds is 5. The highest BCUT2D eigenvalue weighted by atomic mass is 16.5. The van der Waals surface area contributed by atoms with Crippen molar-refractivity contribution >= 4 is 6.03 Å². The van der Waals surface area contributed by atoms with Crippen molar-refractivity contribution in [3.05, 3.63) is 65.7 Å². The second kappa shape index (κ2) is 8.63. The molecule has 148 valence electrons. The molecule has 4 rings (SSSR count). The highest BCUT2D eigenvalue weighted by molar-refractivity contribution is 5.75. The number of carbonyl (C=O) groups is 1. The summed E-state index contributed by atoms with van der Waals surface area (Å²) in [4.78, 5) is 17.5. The molecule has 0 saturated carbocycles. The first-order chi connectivity index (χ1) is 13.7. The Kier molecular flexibility index (Phi) is 5.78. The minimum absolute atomic E-state index is 0.0535. The number of fused-ring (bicyclic) bond motifs is 1. The Hall–Kier alpha value is -2.57. The number of carbonyl (C=O) groups excluding carboxylic acids is 1. The van der Waals surface area contributed by atoms with Crippen molar-refractivity contribution < 1.29 is 9.53 Å². The van der Waals surface area contributed by atoms with Crippen molar-refractivity contribution in [3.63, 3.8) is 0 Å². The van der Waals surface area contributed by atoms with Crippen molar-refractivity contribution in [2.45, 2.75) is 12.1 Å². The van der Waals surface area contributed by atoms with Crippen LogP contribution >= 0.6 is 0 Å². The Morgan fingerprint density at radius 3 is 2.57 bits per heavy atom. The van der Waals surface area contributed by atoms with Crippen LogP contribution in [0.3, 0.4) is 0 Å². The lowest BCUT2D eigenvalue weighted by molar-refractivity contribution is 0.142. The van der Waals surface area contributed by atoms with Crippen molar-refractivity contribution in [2.24, 2.45) is 0 Å². The number of amides is 2. The Labute approximate surface area is 166 Å². The SMILES string of the molecule is CN1CCN(CC(NC(=O)NC2COc3ccccc32)c2ccccc2)CC1. The zero-order valence-electron chi connectivity index (χ0n) is 16.3. The average molecular weight is 380 g/mol. The fraction of sp³-hybridized carbons (Fsp3) is 0.409. The fourth-order valence-corrected chi connectivity index (χ4v) is 3.85. The third-order valence-corrected chi connectivity index (χ3v) is 5.55. The second-order valence-corrected chi connectivity index (χ2v) is 7.59. The van der Waals surface area contributed by atoms with Gasteiger partial charge in [0.2, 0.25) is 0 Å². The molecule has 1 fully saturated rings. The molecule has 6 heteroatoms. The molecule has 2 unspecified atom stereocenters. The van der Waals surface area contributed by atoms with Crippen LogP contribution in [0.1, 0.15) is 23.2 Å². The lowest BCUT2D eigenvalue weighted by atomic mass is 10.1. The average Bonchev–Trinajstić information content (AvgIpc) is 3.13. The van der Waals surface area contributed by atoms with Gasteiger partial charge in [0.05, 0.1) is 12.1 Å². The van der Waals surface area contributed by atoms with Crippen LogP contribution in [0.2, 0.25) is 0 Å². The number of benzene rings is 2. The van der Waals surface area contributed by atoms with Gasteiger partial charge in [0, 0.05) is 38.3 Å². The van der Waals surface area contributed by atoms with Crippen LogP contribution in [-0.2, 0) is 0 Å². The monoisotopic (exact) mass is 380 g/mol. The zero-order valence-corrected chi connectivity index (χ0v) is 16.3. The van der Waals surface area contributed by atoms with E-state index < -0.39 is 0 Å². The lowest BCUT2D eigenvalue weighted by Gasteiger charge is -2.35. The standard InChI is InChI=1S/C22H28N4O2/c1-25-11-13-26(14-12-25)15-19(17-7-3-2-4-8-17)23-22(27)24-20-16-28-21-10-6-5-9-18(20)21/h2-10,19-20H,11-16H2,1H3,(H2,23,24,27). The van der Waals surface area contributed by atoms with Crippen LogP contribution < -0.4 is 15.4 Å². The van der Waals surface area contributed by atoms with Gasteiger partial charge < -0.3 is 20.3 Å². The highest BCUT2D eigenvalue weighted by Crippen LogP contribution is 2.31. The molecule has 2 aliphatic heterocycles. The summed E-state index contributed by atoms with van der Waals surface area (Å²) in [5, 5.41) is 6.27. The molecule has 2 aliphatic rings. The third kappa shape index (κ3) is 4.46. The van der Waals surface area contributed by atoms with Crippen LogP contribution in [0.15, 0.2) is 54.6 Å². The number of nitrogens with one attached hydrogen (secondary N) is 2. The van der Waals surface area contributed by atoms with Gasteiger partial charge in [-0.05, 0) is 18.7 Å². The molecule has 0 radical (unpaired) electrons. The number of hydrogen-bond donors (Lipinski definition) is 2. The molecule has 2 N–H and O–H groups in total. The van der Waals surface area contributed by atoms with E-state index in [1.165, 1.54) is 0 Å². The van der Waals surface area contributed by atoms with Crippen LogP contribution in [0.25, 0.3) is 0 Å². The lowest BCUT2D eigenvalue weighted by Crippen LogP contribution is -2.49. The maximum Gasteiger partial charge on any atom is 0.315 e. The Morgan fingerprint density at radius 1 is 1.07 bits per heavy atom. The maximum atomic E-state index is 12.8. The van der Waals surface area contributed by atoms with Gasteiger partial charge in [-0.1, -0.05) is 48.5 Å². The summed E-state index contributed by atoms with van der Waals surface area (Å²) in [6.07, 6.45) is 0. The Balaban J connectivity index is 1.41. The smallest absolute Gasteiger partial charge is 0.315 e. The first-order valence-electron chi connectivity index (χ1n) is 9.93. The van der Waals surface area contributed by atoms with Crippen molar-refractivity contribution in [2.75, 3.05) is 46.4 Å². The summed E-state index contributed by atoms with van der Waals surface area (Å²) in [7, 11) is 2.15. The largest absolute Gasteiger partial charge is 0.491 e. The summed E-state index contributed by atoms with van der Waals surface area (Å²) in [6, 6.07) is 17.7. The van der Waals surface area contributed by atoms with E-state index in [4.69, 9.17) is 4.74 Å². The molecule has 6 nitrogen and oxygen atoms in total. The number of para-hydroxylation sites is 1. The molecule has 28 heavy (non-hydrogen) atoms. The minimum Gasteiger partial charge on any atom is -0.491 e. The minimum atomic E-state index is -0.159. The number of hydrogen-bond acceptors (Lipinski definition) is 4. The molecule has 0 aromatic heterocycles. The van der Waals surface area contributed by atoms with Crippen molar-refractivity contribution in [1.82, 2.24) is 20.4 Å². The molecule has 2 heterocycles. The summed E-state index contributed by atoms with van der Waals surface area (Å²) in [5.74, 6) is 0.852. The van der Waals surface area contributed by atoms with Gasteiger partial charge in [-0.15, -0.1) is 0 Å². The second-order valence-electron chi connectivity index (χ2n) is 7.59. The van der Waals surface area contributed by atoms with Gasteiger partial charge in [0.25, 0.3) is 0 Å². The normalized spacial score (nSPS) is 20.8. The summed E-state index contributed by atoms with van der Waals surface area (Å²) >= 11 is 0. The van der Waals surface area contributed by atoms with Gasteiger partial charge in [-0.3, -0.25) is 4.90 Å². The van der Waals surface area contributed by atoms with E-state index in [0.717, 1.165) is 49.6 Å². The van der Waals surface area contributed by atoms with Crippen LogP contribution in [0.4, 0.5) is 4.79 Å². The summed E-state index contributed by atoms with van der Waals surface area (Å²) < 4.78 is 5.68. The van der Waals surface area contributed by atoms with Gasteiger partial charge in [0.1, 0.15) is 12.4 Å². The first-order valence-corrected chi connectivity index (χ1v) is 9.93. The molecular formula is C22H28N4O2. The van der Waals surface area contributed by atoms with E-state index in [2.05, 4.69) is 39.6 Å². The Bertz CT molecular complexity index is 790. The fourth-order valence-electron chi connectivity index (χ4n) is 3.85. The summed E-state index contributed by atoms with van der Waals surface area (Å²) in [6.45, 7) is 5.44. The molecule has 2 atom stereocenters. The van der Waals surface area contributed by atoms with Crippen LogP contribution in [-0.4, -0.2) is 62.2 Å². The van der Waals surface area contributed by atoms with E-state index in [0.29, 0.717) is 6.61 Å². The summed E-state index contributed by atoms with van der Waals surface area (Å²) in [5.41, 5.74) is 2.16. The number of urea groups is 1. The maximum absolute atomic E-state index is 12.8. The highest BCUT2D eigenvalue weighted by Gasteiger charge is 2.27. The molecule has 2 amide bonds. The number of nitrogens with zero attached hydrogens (tertiary/aromatic N) is 2. The predicted octanol–water partition coefficient (Wildman–Crippen LogP) is 2.41. The topological polar surface area (TPSA) is 56.8 Å². The van der Waals surface area contributed by atoms with E-state index in [1.807, 2.05) is 42.5 Å². The van der Waals surface area contributed by atoms with E-state index in [-0.39, 0.29) is 18.1 Å². The van der Waals surface area contributed by atoms with Crippen molar-refractivity contribution in [1.29, 1.82) is 0 Å². The van der Waals surface area contributed by atoms with Gasteiger partial charge >= 0.3 is 6.03 Å². The van der Waals surface area contributed by atoms with E-state index >= 15 is 0 Å². The number of ether oxygens (including phenoxy) is 1. The van der Waals surface area contributed by atoms with E-state index in [1.54, 1.807) is 0 Å². The Morgan fingerprint density at radius 2 is 1.79 bits per heavy atom. The third-order valence-electron chi connectivity index (χ3n) is 5.55. The van der Waals surface area contributed by atoms with Gasteiger partial charge in [-0.2, -0.15) is 0 Å². The predicted molar refractivity (Wildman–Crippen MR) is 109 cm³/mol. The van der Waals surface area contributed by atoms with Gasteiger partial charge in [0.15, 0.2) is 0 Å². The zero-order chi connectivity index (χ0) is 19.3. The molecule has 1 saturated heterocycles. The van der Waals surface area contributed by atoms with Crippen LogP contribution in [0.5, 0.6) is 5.75 Å². The molecule has 0 aliphatic carbocycles.